The number of nitrogens with zero attached hydrogens (tertiary/aromatic N) is 2. The number of ether oxygens (including phenoxy) is 1. The van der Waals surface area contributed by atoms with Gasteiger partial charge in [0.05, 0.1) is 11.5 Å². The van der Waals surface area contributed by atoms with Gasteiger partial charge in [-0.3, -0.25) is 9.63 Å². The van der Waals surface area contributed by atoms with Crippen molar-refractivity contribution in [1.29, 1.82) is 0 Å². The van der Waals surface area contributed by atoms with E-state index in [1.165, 1.54) is 12.1 Å². The van der Waals surface area contributed by atoms with Crippen molar-refractivity contribution in [2.45, 2.75) is 48.6 Å². The minimum Gasteiger partial charge on any atom is -0.493 e. The number of carbonyl (C=O) groups is 1. The first-order chi connectivity index (χ1) is 16.3. The summed E-state index contributed by atoms with van der Waals surface area (Å²) in [7, 11) is -4.83. The molecule has 2 aromatic carbocycles. The van der Waals surface area contributed by atoms with Gasteiger partial charge in [0.2, 0.25) is 0 Å². The standard InChI is InChI=1S/C24H27FN2O6S/c1-2-19(33-26-13-7-8-14-26)16-9-4-6-12-21(16)34(30,31)27(25)24(23(28)29)18-15-32-20-11-5-3-10-17(20)22(18)24/h3-6,9-12,18-19,22H,2,7-8,13-15H2,1H3,(H,28,29)/t18-,19+,22-,24?/m1/s1. The van der Waals surface area contributed by atoms with Crippen LogP contribution in [0.4, 0.5) is 4.48 Å². The molecule has 0 aromatic heterocycles. The van der Waals surface area contributed by atoms with Crippen molar-refractivity contribution in [3.05, 3.63) is 59.7 Å². The highest BCUT2D eigenvalue weighted by Crippen LogP contribution is 2.66. The van der Waals surface area contributed by atoms with Gasteiger partial charge in [-0.05, 0) is 35.9 Å². The van der Waals surface area contributed by atoms with E-state index in [0.717, 1.165) is 25.9 Å². The van der Waals surface area contributed by atoms with Crippen LogP contribution in [0.2, 0.25) is 0 Å². The normalized spacial score (nSPS) is 27.0. The number of hydrogen-bond donors (Lipinski definition) is 1. The minimum absolute atomic E-state index is 0.0821. The Labute approximate surface area is 197 Å². The van der Waals surface area contributed by atoms with Crippen molar-refractivity contribution in [3.63, 3.8) is 0 Å². The Hall–Kier alpha value is -2.53. The molecule has 2 aromatic rings. The van der Waals surface area contributed by atoms with Gasteiger partial charge >= 0.3 is 5.97 Å². The second-order valence-electron chi connectivity index (χ2n) is 8.96. The Morgan fingerprint density at radius 2 is 1.91 bits per heavy atom. The highest BCUT2D eigenvalue weighted by atomic mass is 32.2. The van der Waals surface area contributed by atoms with Gasteiger partial charge in [-0.25, -0.2) is 8.42 Å². The molecule has 0 bridgehead atoms. The molecule has 1 N–H and O–H groups in total. The van der Waals surface area contributed by atoms with Crippen LogP contribution >= 0.6 is 0 Å². The van der Waals surface area contributed by atoms with Crippen molar-refractivity contribution in [2.75, 3.05) is 19.7 Å². The first kappa shape index (κ1) is 23.2. The number of hydrogen-bond acceptors (Lipinski definition) is 6. The molecule has 0 amide bonds. The second kappa shape index (κ2) is 8.60. The lowest BCUT2D eigenvalue weighted by Crippen LogP contribution is -2.45. The van der Waals surface area contributed by atoms with E-state index in [1.807, 2.05) is 6.92 Å². The zero-order valence-corrected chi connectivity index (χ0v) is 19.6. The Bertz CT molecular complexity index is 1200. The molecule has 1 saturated carbocycles. The smallest absolute Gasteiger partial charge is 0.329 e. The van der Waals surface area contributed by atoms with E-state index in [2.05, 4.69) is 0 Å². The number of aliphatic carboxylic acids is 1. The lowest BCUT2D eigenvalue weighted by molar-refractivity contribution is -0.188. The number of halogens is 1. The highest BCUT2D eigenvalue weighted by Gasteiger charge is 2.79. The zero-order valence-electron chi connectivity index (χ0n) is 18.8. The molecule has 5 rings (SSSR count). The first-order valence-electron chi connectivity index (χ1n) is 11.5. The third-order valence-electron chi connectivity index (χ3n) is 7.11. The van der Waals surface area contributed by atoms with E-state index >= 15 is 4.48 Å². The van der Waals surface area contributed by atoms with Gasteiger partial charge in [-0.2, -0.15) is 5.06 Å². The van der Waals surface area contributed by atoms with Crippen LogP contribution in [0.15, 0.2) is 53.4 Å². The summed E-state index contributed by atoms with van der Waals surface area (Å²) < 4.78 is 48.5. The Morgan fingerprint density at radius 3 is 2.62 bits per heavy atom. The van der Waals surface area contributed by atoms with Gasteiger partial charge in [-0.1, -0.05) is 43.3 Å². The molecule has 2 aliphatic heterocycles. The summed E-state index contributed by atoms with van der Waals surface area (Å²) in [6.07, 6.45) is 1.83. The highest BCUT2D eigenvalue weighted by molar-refractivity contribution is 7.89. The maximum absolute atomic E-state index is 16.1. The van der Waals surface area contributed by atoms with Crippen molar-refractivity contribution in [2.24, 2.45) is 5.92 Å². The van der Waals surface area contributed by atoms with Crippen LogP contribution in [0.5, 0.6) is 5.75 Å². The van der Waals surface area contributed by atoms with Crippen LogP contribution in [0, 0.1) is 5.92 Å². The summed E-state index contributed by atoms with van der Waals surface area (Å²) >= 11 is 0. The topological polar surface area (TPSA) is 96.4 Å². The molecule has 0 spiro atoms. The van der Waals surface area contributed by atoms with Crippen molar-refractivity contribution in [1.82, 2.24) is 9.59 Å². The lowest BCUT2D eigenvalue weighted by Gasteiger charge is -2.26. The number of benzene rings is 2. The van der Waals surface area contributed by atoms with Gasteiger partial charge in [-0.15, -0.1) is 4.48 Å². The summed E-state index contributed by atoms with van der Waals surface area (Å²) in [6.45, 7) is 3.26. The van der Waals surface area contributed by atoms with Crippen LogP contribution in [0.3, 0.4) is 0 Å². The van der Waals surface area contributed by atoms with Gasteiger partial charge in [0.15, 0.2) is 5.54 Å². The summed E-state index contributed by atoms with van der Waals surface area (Å²) in [4.78, 5) is 18.2. The quantitative estimate of drug-likeness (QED) is 0.564. The number of rotatable bonds is 8. The van der Waals surface area contributed by atoms with Crippen LogP contribution in [-0.2, 0) is 19.7 Å². The van der Waals surface area contributed by atoms with Crippen LogP contribution in [0.25, 0.3) is 0 Å². The van der Waals surface area contributed by atoms with E-state index in [9.17, 15) is 18.3 Å². The van der Waals surface area contributed by atoms with Crippen LogP contribution in [-0.4, -0.2) is 54.3 Å². The fourth-order valence-electron chi connectivity index (χ4n) is 5.37. The van der Waals surface area contributed by atoms with Gasteiger partial charge < -0.3 is 9.84 Å². The minimum atomic E-state index is -4.83. The number of para-hydroxylation sites is 1. The first-order valence-corrected chi connectivity index (χ1v) is 12.9. The molecule has 8 nitrogen and oxygen atoms in total. The number of hydroxylamine groups is 2. The SMILES string of the molecule is CC[C@H](ON1CCCC1)c1ccccc1S(=O)(=O)N(F)C1(C(=O)O)[C@@H]2COc3ccccc3[C@H]21. The fraction of sp³-hybridized carbons (Fsp3) is 0.458. The molecular formula is C24H27FN2O6S. The van der Waals surface area contributed by atoms with E-state index in [-0.39, 0.29) is 11.5 Å². The van der Waals surface area contributed by atoms with Gasteiger partial charge in [0, 0.05) is 36.1 Å². The molecule has 1 aliphatic carbocycles. The maximum atomic E-state index is 16.1. The molecule has 0 radical (unpaired) electrons. The third kappa shape index (κ3) is 3.43. The van der Waals surface area contributed by atoms with Gasteiger partial charge in [0.1, 0.15) is 11.9 Å². The summed E-state index contributed by atoms with van der Waals surface area (Å²) in [5, 5.41) is 11.9. The monoisotopic (exact) mass is 490 g/mol. The number of carboxylic acids is 1. The molecule has 4 atom stereocenters. The average molecular weight is 491 g/mol. The van der Waals surface area contributed by atoms with E-state index < -0.39 is 44.0 Å². The lowest BCUT2D eigenvalue weighted by atomic mass is 10.0. The number of fused-ring (bicyclic) bond motifs is 3. The molecule has 2 fully saturated rings. The van der Waals surface area contributed by atoms with Crippen LogP contribution in [0.1, 0.15) is 49.3 Å². The second-order valence-corrected chi connectivity index (χ2v) is 10.7. The fourth-order valence-corrected chi connectivity index (χ4v) is 7.01. The third-order valence-corrected chi connectivity index (χ3v) is 8.76. The molecule has 1 unspecified atom stereocenters. The summed E-state index contributed by atoms with van der Waals surface area (Å²) in [6, 6.07) is 12.8. The van der Waals surface area contributed by atoms with Crippen molar-refractivity contribution < 1.29 is 32.4 Å². The predicted molar refractivity (Wildman–Crippen MR) is 120 cm³/mol. The number of sulfonamides is 1. The largest absolute Gasteiger partial charge is 0.493 e. The summed E-state index contributed by atoms with van der Waals surface area (Å²) in [5.74, 6) is -2.77. The summed E-state index contributed by atoms with van der Waals surface area (Å²) in [5.41, 5.74) is -1.47. The number of carboxylic acid groups (broad SMARTS) is 1. The Balaban J connectivity index is 1.53. The Morgan fingerprint density at radius 1 is 1.24 bits per heavy atom. The molecule has 182 valence electrons. The maximum Gasteiger partial charge on any atom is 0.329 e. The van der Waals surface area contributed by atoms with Crippen molar-refractivity contribution in [3.8, 4) is 5.75 Å². The predicted octanol–water partition coefficient (Wildman–Crippen LogP) is 3.67. The zero-order chi connectivity index (χ0) is 24.1. The molecule has 34 heavy (non-hydrogen) atoms. The Kier molecular flexibility index (Phi) is 5.87. The van der Waals surface area contributed by atoms with Gasteiger partial charge in [0.25, 0.3) is 10.0 Å². The average Bonchev–Trinajstić information content (AvgIpc) is 3.27. The molecule has 2 heterocycles. The molecular weight excluding hydrogens is 463 g/mol. The van der Waals surface area contributed by atoms with Crippen LogP contribution < -0.4 is 4.74 Å². The molecule has 3 aliphatic rings. The molecule has 1 saturated heterocycles. The molecule has 10 heteroatoms. The van der Waals surface area contributed by atoms with E-state index in [0.29, 0.717) is 23.3 Å². The van der Waals surface area contributed by atoms with E-state index in [1.54, 1.807) is 41.5 Å². The van der Waals surface area contributed by atoms with E-state index in [4.69, 9.17) is 9.57 Å². The van der Waals surface area contributed by atoms with Crippen molar-refractivity contribution >= 4 is 16.0 Å².